The van der Waals surface area contributed by atoms with Crippen molar-refractivity contribution < 1.29 is 0 Å². The van der Waals surface area contributed by atoms with E-state index in [1.54, 1.807) is 0 Å². The Morgan fingerprint density at radius 3 is 2.90 bits per heavy atom. The highest BCUT2D eigenvalue weighted by Gasteiger charge is 2.36. The lowest BCUT2D eigenvalue weighted by Crippen LogP contribution is -2.49. The first-order valence-electron chi connectivity index (χ1n) is 7.24. The van der Waals surface area contributed by atoms with Crippen molar-refractivity contribution >= 4 is 30.0 Å². The molecule has 20 heavy (non-hydrogen) atoms. The summed E-state index contributed by atoms with van der Waals surface area (Å²) in [6.45, 7) is 4.65. The molecule has 1 aromatic heterocycles. The molecule has 0 amide bonds. The summed E-state index contributed by atoms with van der Waals surface area (Å²) in [4.78, 5) is 11.1. The summed E-state index contributed by atoms with van der Waals surface area (Å²) in [7, 11) is 0. The number of hydrogen-bond donors (Lipinski definition) is 1. The van der Waals surface area contributed by atoms with E-state index in [1.807, 2.05) is 0 Å². The van der Waals surface area contributed by atoms with E-state index in [1.165, 1.54) is 32.4 Å². The highest BCUT2D eigenvalue weighted by Crippen LogP contribution is 2.36. The fraction of sp³-hybridized carbons (Fsp3) is 0.714. The van der Waals surface area contributed by atoms with Gasteiger partial charge < -0.3 is 5.73 Å². The van der Waals surface area contributed by atoms with Gasteiger partial charge in [0.2, 0.25) is 5.95 Å². The van der Waals surface area contributed by atoms with Crippen LogP contribution in [-0.2, 0) is 12.8 Å². The molecular weight excluding hydrogens is 295 g/mol. The van der Waals surface area contributed by atoms with Crippen LogP contribution < -0.4 is 5.73 Å². The smallest absolute Gasteiger partial charge is 0.221 e. The number of aromatic nitrogens is 2. The van der Waals surface area contributed by atoms with Gasteiger partial charge in [0.1, 0.15) is 5.15 Å². The maximum absolute atomic E-state index is 6.25. The summed E-state index contributed by atoms with van der Waals surface area (Å²) < 4.78 is 0. The van der Waals surface area contributed by atoms with Gasteiger partial charge in [-0.15, -0.1) is 12.4 Å². The summed E-state index contributed by atoms with van der Waals surface area (Å²) in [5.41, 5.74) is 7.91. The van der Waals surface area contributed by atoms with Crippen molar-refractivity contribution in [1.82, 2.24) is 14.9 Å². The summed E-state index contributed by atoms with van der Waals surface area (Å²) in [6, 6.07) is 0.617. The van der Waals surface area contributed by atoms with Gasteiger partial charge in [0.25, 0.3) is 0 Å². The van der Waals surface area contributed by atoms with E-state index in [4.69, 9.17) is 17.3 Å². The van der Waals surface area contributed by atoms with Gasteiger partial charge in [0, 0.05) is 11.6 Å². The lowest BCUT2D eigenvalue weighted by Gasteiger charge is -2.44. The second kappa shape index (κ2) is 6.46. The SMILES string of the molecule is CCCN1CCC[C@@H]2Cc3nc(N)nc(Cl)c3C[C@H]21.Cl. The Bertz CT molecular complexity index is 478. The first-order valence-corrected chi connectivity index (χ1v) is 7.61. The molecule has 0 saturated carbocycles. The largest absolute Gasteiger partial charge is 0.368 e. The second-order valence-corrected chi connectivity index (χ2v) is 6.07. The molecule has 4 nitrogen and oxygen atoms in total. The van der Waals surface area contributed by atoms with E-state index in [-0.39, 0.29) is 12.4 Å². The molecule has 2 atom stereocenters. The van der Waals surface area contributed by atoms with Crippen LogP contribution in [0.1, 0.15) is 37.4 Å². The van der Waals surface area contributed by atoms with Crippen LogP contribution >= 0.6 is 24.0 Å². The van der Waals surface area contributed by atoms with Crippen molar-refractivity contribution in [3.8, 4) is 0 Å². The molecule has 1 aliphatic heterocycles. The molecule has 2 N–H and O–H groups in total. The van der Waals surface area contributed by atoms with Crippen LogP contribution in [0, 0.1) is 5.92 Å². The highest BCUT2D eigenvalue weighted by atomic mass is 35.5. The minimum absolute atomic E-state index is 0. The quantitative estimate of drug-likeness (QED) is 0.852. The lowest BCUT2D eigenvalue weighted by molar-refractivity contribution is 0.0845. The topological polar surface area (TPSA) is 55.0 Å². The Hall–Kier alpha value is -0.580. The van der Waals surface area contributed by atoms with Gasteiger partial charge in [0.05, 0.1) is 5.69 Å². The van der Waals surface area contributed by atoms with Crippen LogP contribution in [-0.4, -0.2) is 34.0 Å². The Labute approximate surface area is 131 Å². The molecule has 0 bridgehead atoms. The number of hydrogen-bond acceptors (Lipinski definition) is 4. The standard InChI is InChI=1S/C14H21ClN4.ClH/c1-2-5-19-6-3-4-9-7-11-10(8-12(9)19)13(15)18-14(16)17-11;/h9,12H,2-8H2,1H3,(H2,16,17,18);1H/t9-,12-;/m1./s1. The number of rotatable bonds is 2. The fourth-order valence-electron chi connectivity index (χ4n) is 3.66. The minimum atomic E-state index is 0. The zero-order valence-corrected chi connectivity index (χ0v) is 13.4. The fourth-order valence-corrected chi connectivity index (χ4v) is 3.93. The third-order valence-electron chi connectivity index (χ3n) is 4.47. The predicted molar refractivity (Wildman–Crippen MR) is 84.5 cm³/mol. The number of piperidine rings is 1. The first-order chi connectivity index (χ1) is 9.19. The second-order valence-electron chi connectivity index (χ2n) is 5.71. The van der Waals surface area contributed by atoms with Crippen LogP contribution in [0.2, 0.25) is 5.15 Å². The van der Waals surface area contributed by atoms with Gasteiger partial charge in [-0.2, -0.15) is 0 Å². The van der Waals surface area contributed by atoms with Crippen LogP contribution in [0.15, 0.2) is 0 Å². The van der Waals surface area contributed by atoms with Gasteiger partial charge in [-0.3, -0.25) is 4.90 Å². The molecule has 2 heterocycles. The van der Waals surface area contributed by atoms with Crippen molar-refractivity contribution in [2.45, 2.75) is 45.1 Å². The summed E-state index contributed by atoms with van der Waals surface area (Å²) in [6.07, 6.45) is 5.80. The maximum Gasteiger partial charge on any atom is 0.221 e. The molecule has 112 valence electrons. The van der Waals surface area contributed by atoms with Crippen molar-refractivity contribution in [3.63, 3.8) is 0 Å². The summed E-state index contributed by atoms with van der Waals surface area (Å²) in [5, 5.41) is 0.558. The molecule has 1 aromatic rings. The zero-order chi connectivity index (χ0) is 13.4. The average Bonchev–Trinajstić information content (AvgIpc) is 2.37. The summed E-state index contributed by atoms with van der Waals surface area (Å²) in [5.74, 6) is 1.02. The Morgan fingerprint density at radius 2 is 2.15 bits per heavy atom. The molecule has 0 aromatic carbocycles. The van der Waals surface area contributed by atoms with E-state index in [0.29, 0.717) is 23.1 Å². The molecule has 6 heteroatoms. The molecule has 3 rings (SSSR count). The Kier molecular flexibility index (Phi) is 5.10. The van der Waals surface area contributed by atoms with Crippen molar-refractivity contribution in [2.24, 2.45) is 5.92 Å². The number of likely N-dealkylation sites (tertiary alicyclic amines) is 1. The zero-order valence-electron chi connectivity index (χ0n) is 11.8. The number of nitrogens with zero attached hydrogens (tertiary/aromatic N) is 3. The Balaban J connectivity index is 0.00000147. The predicted octanol–water partition coefficient (Wildman–Crippen LogP) is 2.72. The van der Waals surface area contributed by atoms with Crippen molar-refractivity contribution in [3.05, 3.63) is 16.4 Å². The van der Waals surface area contributed by atoms with E-state index in [2.05, 4.69) is 21.8 Å². The van der Waals surface area contributed by atoms with Crippen LogP contribution in [0.4, 0.5) is 5.95 Å². The third kappa shape index (κ3) is 2.87. The monoisotopic (exact) mass is 316 g/mol. The maximum atomic E-state index is 6.25. The van der Waals surface area contributed by atoms with Crippen LogP contribution in [0.5, 0.6) is 0 Å². The van der Waals surface area contributed by atoms with Crippen molar-refractivity contribution in [2.75, 3.05) is 18.8 Å². The first kappa shape index (κ1) is 15.8. The van der Waals surface area contributed by atoms with Gasteiger partial charge >= 0.3 is 0 Å². The minimum Gasteiger partial charge on any atom is -0.368 e. The highest BCUT2D eigenvalue weighted by molar-refractivity contribution is 6.30. The van der Waals surface area contributed by atoms with E-state index in [9.17, 15) is 0 Å². The van der Waals surface area contributed by atoms with E-state index >= 15 is 0 Å². The number of anilines is 1. The third-order valence-corrected chi connectivity index (χ3v) is 4.79. The Morgan fingerprint density at radius 1 is 1.35 bits per heavy atom. The molecular formula is C14H22Cl2N4. The molecule has 1 saturated heterocycles. The molecule has 0 spiro atoms. The van der Waals surface area contributed by atoms with Crippen LogP contribution in [0.25, 0.3) is 0 Å². The van der Waals surface area contributed by atoms with Gasteiger partial charge in [-0.1, -0.05) is 18.5 Å². The lowest BCUT2D eigenvalue weighted by atomic mass is 9.77. The van der Waals surface area contributed by atoms with E-state index < -0.39 is 0 Å². The normalized spacial score (nSPS) is 25.5. The van der Waals surface area contributed by atoms with Crippen LogP contribution in [0.3, 0.4) is 0 Å². The van der Waals surface area contributed by atoms with Gasteiger partial charge in [-0.05, 0) is 51.1 Å². The number of nitrogen functional groups attached to an aromatic ring is 1. The average molecular weight is 317 g/mol. The number of halogens is 2. The number of fused-ring (bicyclic) bond motifs is 2. The number of nitrogens with two attached hydrogens (primary N) is 1. The van der Waals surface area contributed by atoms with E-state index in [0.717, 1.165) is 24.1 Å². The summed E-state index contributed by atoms with van der Waals surface area (Å²) >= 11 is 6.25. The van der Waals surface area contributed by atoms with Gasteiger partial charge in [-0.25, -0.2) is 9.97 Å². The van der Waals surface area contributed by atoms with Crippen molar-refractivity contribution in [1.29, 1.82) is 0 Å². The van der Waals surface area contributed by atoms with Gasteiger partial charge in [0.15, 0.2) is 0 Å². The molecule has 1 aliphatic carbocycles. The molecule has 0 unspecified atom stereocenters. The molecule has 0 radical (unpaired) electrons. The molecule has 2 aliphatic rings. The molecule has 1 fully saturated rings.